The molecule has 1 aromatic carbocycles. The monoisotopic (exact) mass is 280 g/mol. The van der Waals surface area contributed by atoms with Crippen molar-refractivity contribution < 1.29 is 4.74 Å². The molecule has 4 heteroatoms. The zero-order valence-corrected chi connectivity index (χ0v) is 12.6. The van der Waals surface area contributed by atoms with Gasteiger partial charge in [0.25, 0.3) is 0 Å². The zero-order chi connectivity index (χ0) is 13.7. The van der Waals surface area contributed by atoms with Gasteiger partial charge in [-0.05, 0) is 37.7 Å². The average Bonchev–Trinajstić information content (AvgIpc) is 2.86. The molecule has 3 nitrogen and oxygen atoms in total. The lowest BCUT2D eigenvalue weighted by Gasteiger charge is -2.21. The van der Waals surface area contributed by atoms with E-state index >= 15 is 0 Å². The first-order valence-electron chi connectivity index (χ1n) is 7.06. The SMILES string of the molecule is CCCOc1cc(NC2CCCC2SC)ccc1N. The van der Waals surface area contributed by atoms with Gasteiger partial charge in [0.05, 0.1) is 12.3 Å². The predicted octanol–water partition coefficient (Wildman–Crippen LogP) is 3.75. The molecule has 1 fully saturated rings. The molecule has 0 amide bonds. The van der Waals surface area contributed by atoms with Crippen LogP contribution in [0.4, 0.5) is 11.4 Å². The number of rotatable bonds is 6. The smallest absolute Gasteiger partial charge is 0.144 e. The fourth-order valence-corrected chi connectivity index (χ4v) is 3.48. The molecular weight excluding hydrogens is 256 g/mol. The van der Waals surface area contributed by atoms with Crippen molar-refractivity contribution in [2.24, 2.45) is 0 Å². The van der Waals surface area contributed by atoms with Crippen molar-refractivity contribution in [1.82, 2.24) is 0 Å². The van der Waals surface area contributed by atoms with Crippen LogP contribution in [0.5, 0.6) is 5.75 Å². The molecule has 1 saturated carbocycles. The molecule has 2 atom stereocenters. The number of nitrogen functional groups attached to an aromatic ring is 1. The molecule has 106 valence electrons. The first-order chi connectivity index (χ1) is 9.24. The van der Waals surface area contributed by atoms with Gasteiger partial charge in [-0.3, -0.25) is 0 Å². The van der Waals surface area contributed by atoms with Crippen molar-refractivity contribution in [3.63, 3.8) is 0 Å². The van der Waals surface area contributed by atoms with Crippen molar-refractivity contribution in [2.75, 3.05) is 23.9 Å². The third kappa shape index (κ3) is 3.72. The van der Waals surface area contributed by atoms with Crippen LogP contribution in [0.2, 0.25) is 0 Å². The van der Waals surface area contributed by atoms with E-state index in [-0.39, 0.29) is 0 Å². The van der Waals surface area contributed by atoms with E-state index in [9.17, 15) is 0 Å². The Hall–Kier alpha value is -1.03. The number of thioether (sulfide) groups is 1. The second-order valence-electron chi connectivity index (χ2n) is 5.06. The number of hydrogen-bond donors (Lipinski definition) is 2. The molecule has 1 aliphatic rings. The van der Waals surface area contributed by atoms with E-state index in [0.29, 0.717) is 18.3 Å². The summed E-state index contributed by atoms with van der Waals surface area (Å²) in [4.78, 5) is 0. The topological polar surface area (TPSA) is 47.3 Å². The molecule has 0 aliphatic heterocycles. The summed E-state index contributed by atoms with van der Waals surface area (Å²) < 4.78 is 5.67. The summed E-state index contributed by atoms with van der Waals surface area (Å²) >= 11 is 1.96. The molecule has 0 bridgehead atoms. The summed E-state index contributed by atoms with van der Waals surface area (Å²) in [6, 6.07) is 6.57. The normalized spacial score (nSPS) is 22.4. The molecule has 0 aromatic heterocycles. The number of benzene rings is 1. The van der Waals surface area contributed by atoms with E-state index in [1.165, 1.54) is 19.3 Å². The highest BCUT2D eigenvalue weighted by Crippen LogP contribution is 2.32. The Morgan fingerprint density at radius 1 is 1.42 bits per heavy atom. The summed E-state index contributed by atoms with van der Waals surface area (Å²) in [5.41, 5.74) is 7.77. The maximum absolute atomic E-state index is 5.93. The molecule has 1 aliphatic carbocycles. The van der Waals surface area contributed by atoms with E-state index in [2.05, 4.69) is 18.5 Å². The van der Waals surface area contributed by atoms with Crippen molar-refractivity contribution in [2.45, 2.75) is 43.9 Å². The lowest BCUT2D eigenvalue weighted by molar-refractivity contribution is 0.319. The van der Waals surface area contributed by atoms with Crippen LogP contribution in [0.25, 0.3) is 0 Å². The highest BCUT2D eigenvalue weighted by molar-refractivity contribution is 7.99. The maximum Gasteiger partial charge on any atom is 0.144 e. The van der Waals surface area contributed by atoms with Crippen LogP contribution in [0, 0.1) is 0 Å². The highest BCUT2D eigenvalue weighted by atomic mass is 32.2. The van der Waals surface area contributed by atoms with Gasteiger partial charge in [0.2, 0.25) is 0 Å². The van der Waals surface area contributed by atoms with Crippen LogP contribution >= 0.6 is 11.8 Å². The van der Waals surface area contributed by atoms with Gasteiger partial charge in [-0.2, -0.15) is 11.8 Å². The van der Waals surface area contributed by atoms with Gasteiger partial charge in [-0.25, -0.2) is 0 Å². The quantitative estimate of drug-likeness (QED) is 0.779. The van der Waals surface area contributed by atoms with Crippen LogP contribution in [0.3, 0.4) is 0 Å². The van der Waals surface area contributed by atoms with Crippen LogP contribution in [-0.2, 0) is 0 Å². The summed E-state index contributed by atoms with van der Waals surface area (Å²) in [6.07, 6.45) is 7.07. The minimum Gasteiger partial charge on any atom is -0.491 e. The first kappa shape index (κ1) is 14.4. The fraction of sp³-hybridized carbons (Fsp3) is 0.600. The van der Waals surface area contributed by atoms with Gasteiger partial charge in [0.1, 0.15) is 5.75 Å². The molecule has 3 N–H and O–H groups in total. The largest absolute Gasteiger partial charge is 0.491 e. The Morgan fingerprint density at radius 2 is 2.26 bits per heavy atom. The van der Waals surface area contributed by atoms with Crippen LogP contribution < -0.4 is 15.8 Å². The van der Waals surface area contributed by atoms with Gasteiger partial charge >= 0.3 is 0 Å². The molecule has 1 aromatic rings. The Kier molecular flexibility index (Phi) is 5.25. The van der Waals surface area contributed by atoms with E-state index in [4.69, 9.17) is 10.5 Å². The molecule has 0 spiro atoms. The summed E-state index contributed by atoms with van der Waals surface area (Å²) in [5.74, 6) is 0.797. The van der Waals surface area contributed by atoms with Crippen LogP contribution in [0.15, 0.2) is 18.2 Å². The second-order valence-corrected chi connectivity index (χ2v) is 6.13. The maximum atomic E-state index is 5.93. The summed E-state index contributed by atoms with van der Waals surface area (Å²) in [5, 5.41) is 4.35. The molecule has 0 saturated heterocycles. The van der Waals surface area contributed by atoms with Crippen molar-refractivity contribution in [3.05, 3.63) is 18.2 Å². The van der Waals surface area contributed by atoms with E-state index in [1.54, 1.807) is 0 Å². The Bertz CT molecular complexity index is 411. The van der Waals surface area contributed by atoms with Crippen molar-refractivity contribution in [3.8, 4) is 5.75 Å². The number of nitrogens with one attached hydrogen (secondary N) is 1. The fourth-order valence-electron chi connectivity index (χ4n) is 2.55. The Morgan fingerprint density at radius 3 is 3.00 bits per heavy atom. The van der Waals surface area contributed by atoms with Gasteiger partial charge in [0, 0.05) is 23.0 Å². The predicted molar refractivity (Wildman–Crippen MR) is 85.2 cm³/mol. The van der Waals surface area contributed by atoms with Crippen molar-refractivity contribution in [1.29, 1.82) is 0 Å². The van der Waals surface area contributed by atoms with E-state index in [1.807, 2.05) is 30.0 Å². The van der Waals surface area contributed by atoms with Gasteiger partial charge in [0.15, 0.2) is 0 Å². The molecule has 19 heavy (non-hydrogen) atoms. The van der Waals surface area contributed by atoms with Crippen LogP contribution in [0.1, 0.15) is 32.6 Å². The molecular formula is C15H24N2OS. The number of ether oxygens (including phenoxy) is 1. The first-order valence-corrected chi connectivity index (χ1v) is 8.35. The Labute approximate surface area is 120 Å². The summed E-state index contributed by atoms with van der Waals surface area (Å²) in [6.45, 7) is 2.81. The van der Waals surface area contributed by atoms with Gasteiger partial charge in [-0.15, -0.1) is 0 Å². The van der Waals surface area contributed by atoms with Gasteiger partial charge in [-0.1, -0.05) is 13.3 Å². The molecule has 0 radical (unpaired) electrons. The highest BCUT2D eigenvalue weighted by Gasteiger charge is 2.26. The number of hydrogen-bond acceptors (Lipinski definition) is 4. The molecule has 2 unspecified atom stereocenters. The zero-order valence-electron chi connectivity index (χ0n) is 11.8. The third-order valence-corrected chi connectivity index (χ3v) is 4.75. The van der Waals surface area contributed by atoms with Gasteiger partial charge < -0.3 is 15.8 Å². The average molecular weight is 280 g/mol. The second kappa shape index (κ2) is 6.94. The van der Waals surface area contributed by atoms with Crippen molar-refractivity contribution >= 4 is 23.1 Å². The standard InChI is InChI=1S/C15H24N2OS/c1-3-9-18-14-10-11(7-8-12(14)16)17-13-5-4-6-15(13)19-2/h7-8,10,13,15,17H,3-6,9,16H2,1-2H3. The lowest BCUT2D eigenvalue weighted by Crippen LogP contribution is -2.25. The lowest BCUT2D eigenvalue weighted by atomic mass is 10.2. The minimum atomic E-state index is 0.567. The number of nitrogens with two attached hydrogens (primary N) is 1. The van der Waals surface area contributed by atoms with Crippen LogP contribution in [-0.4, -0.2) is 24.2 Å². The molecule has 2 rings (SSSR count). The van der Waals surface area contributed by atoms with E-state index in [0.717, 1.165) is 23.1 Å². The molecule has 0 heterocycles. The summed E-state index contributed by atoms with van der Waals surface area (Å²) in [7, 11) is 0. The minimum absolute atomic E-state index is 0.567. The third-order valence-electron chi connectivity index (χ3n) is 3.58. The van der Waals surface area contributed by atoms with E-state index < -0.39 is 0 Å². The number of anilines is 2. The Balaban J connectivity index is 2.03.